The first-order valence-corrected chi connectivity index (χ1v) is 8.06. The van der Waals surface area contributed by atoms with Crippen molar-refractivity contribution < 1.29 is 9.53 Å². The molecule has 0 aliphatic heterocycles. The molecule has 1 aliphatic carbocycles. The molecule has 1 unspecified atom stereocenters. The van der Waals surface area contributed by atoms with Crippen molar-refractivity contribution in [3.63, 3.8) is 0 Å². The van der Waals surface area contributed by atoms with Gasteiger partial charge in [-0.15, -0.1) is 0 Å². The Bertz CT molecular complexity index is 866. The van der Waals surface area contributed by atoms with Crippen LogP contribution in [0.2, 0.25) is 0 Å². The lowest BCUT2D eigenvalue weighted by Gasteiger charge is -2.21. The van der Waals surface area contributed by atoms with Crippen molar-refractivity contribution in [2.24, 2.45) is 0 Å². The average Bonchev–Trinajstić information content (AvgIpc) is 3.07. The van der Waals surface area contributed by atoms with E-state index in [4.69, 9.17) is 4.74 Å². The quantitative estimate of drug-likeness (QED) is 0.794. The summed E-state index contributed by atoms with van der Waals surface area (Å²) in [5.41, 5.74) is 4.55. The molecule has 0 amide bonds. The van der Waals surface area contributed by atoms with E-state index in [1.165, 1.54) is 5.56 Å². The third-order valence-corrected chi connectivity index (χ3v) is 4.64. The number of ether oxygens (including phenoxy) is 1. The first-order chi connectivity index (χ1) is 11.8. The number of carbonyl (C=O) groups is 1. The summed E-state index contributed by atoms with van der Waals surface area (Å²) < 4.78 is 5.19. The van der Waals surface area contributed by atoms with Gasteiger partial charge in [-0.25, -0.2) is 0 Å². The van der Waals surface area contributed by atoms with Crippen LogP contribution in [0.5, 0.6) is 5.75 Å². The monoisotopic (exact) mass is 318 g/mol. The molecule has 1 aliphatic rings. The van der Waals surface area contributed by atoms with Gasteiger partial charge in [-0.2, -0.15) is 5.10 Å². The molecule has 24 heavy (non-hydrogen) atoms. The second kappa shape index (κ2) is 5.96. The normalized spacial score (nSPS) is 16.7. The van der Waals surface area contributed by atoms with Gasteiger partial charge >= 0.3 is 0 Å². The standard InChI is InChI=1S/C20H18N2O2/c1-24-16-9-7-14(8-10-16)20-19-17(21-22-20)11-15(12-18(19)23)13-5-3-2-4-6-13/h2-10,15H,11-12H2,1H3,(H,21,22). The molecule has 1 heterocycles. The molecule has 0 saturated heterocycles. The van der Waals surface area contributed by atoms with Crippen LogP contribution in [0.1, 0.15) is 34.0 Å². The lowest BCUT2D eigenvalue weighted by Crippen LogP contribution is -2.18. The van der Waals surface area contributed by atoms with Crippen LogP contribution in [-0.2, 0) is 6.42 Å². The average molecular weight is 318 g/mol. The number of aromatic nitrogens is 2. The Morgan fingerprint density at radius 2 is 1.79 bits per heavy atom. The van der Waals surface area contributed by atoms with E-state index in [1.807, 2.05) is 42.5 Å². The zero-order valence-corrected chi connectivity index (χ0v) is 13.5. The van der Waals surface area contributed by atoms with Gasteiger partial charge in [0.2, 0.25) is 0 Å². The van der Waals surface area contributed by atoms with Crippen LogP contribution in [0.25, 0.3) is 11.3 Å². The van der Waals surface area contributed by atoms with Crippen LogP contribution in [-0.4, -0.2) is 23.1 Å². The summed E-state index contributed by atoms with van der Waals surface area (Å²) in [4.78, 5) is 12.8. The number of carbonyl (C=O) groups excluding carboxylic acids is 1. The Balaban J connectivity index is 1.68. The molecular weight excluding hydrogens is 300 g/mol. The van der Waals surface area contributed by atoms with Gasteiger partial charge in [0.15, 0.2) is 5.78 Å². The summed E-state index contributed by atoms with van der Waals surface area (Å²) >= 11 is 0. The van der Waals surface area contributed by atoms with E-state index < -0.39 is 0 Å². The fraction of sp³-hybridized carbons (Fsp3) is 0.200. The summed E-state index contributed by atoms with van der Waals surface area (Å²) in [5, 5.41) is 7.50. The lowest BCUT2D eigenvalue weighted by molar-refractivity contribution is 0.0965. The molecule has 3 aromatic rings. The second-order valence-electron chi connectivity index (χ2n) is 6.09. The molecule has 4 nitrogen and oxygen atoms in total. The summed E-state index contributed by atoms with van der Waals surface area (Å²) in [7, 11) is 1.64. The van der Waals surface area contributed by atoms with Gasteiger partial charge in [0, 0.05) is 17.7 Å². The van der Waals surface area contributed by atoms with Crippen LogP contribution >= 0.6 is 0 Å². The molecule has 120 valence electrons. The maximum Gasteiger partial charge on any atom is 0.167 e. The predicted molar refractivity (Wildman–Crippen MR) is 92.4 cm³/mol. The van der Waals surface area contributed by atoms with Gasteiger partial charge in [-0.3, -0.25) is 9.89 Å². The number of aromatic amines is 1. The van der Waals surface area contributed by atoms with Gasteiger partial charge < -0.3 is 4.74 Å². The predicted octanol–water partition coefficient (Wildman–Crippen LogP) is 4.00. The van der Waals surface area contributed by atoms with Crippen molar-refractivity contribution in [3.8, 4) is 17.0 Å². The second-order valence-corrected chi connectivity index (χ2v) is 6.09. The van der Waals surface area contributed by atoms with E-state index in [2.05, 4.69) is 22.3 Å². The highest BCUT2D eigenvalue weighted by molar-refractivity contribution is 6.04. The fourth-order valence-electron chi connectivity index (χ4n) is 3.39. The number of nitrogens with one attached hydrogen (secondary N) is 1. The third kappa shape index (κ3) is 2.50. The molecule has 4 heteroatoms. The molecule has 0 bridgehead atoms. The van der Waals surface area contributed by atoms with Crippen molar-refractivity contribution in [3.05, 3.63) is 71.4 Å². The number of nitrogens with zero attached hydrogens (tertiary/aromatic N) is 1. The van der Waals surface area contributed by atoms with Crippen molar-refractivity contribution in [1.82, 2.24) is 10.2 Å². The number of ketones is 1. The Morgan fingerprint density at radius 1 is 1.04 bits per heavy atom. The van der Waals surface area contributed by atoms with E-state index in [0.29, 0.717) is 6.42 Å². The molecule has 0 spiro atoms. The van der Waals surface area contributed by atoms with Crippen LogP contribution < -0.4 is 4.74 Å². The van der Waals surface area contributed by atoms with E-state index in [0.717, 1.165) is 34.7 Å². The van der Waals surface area contributed by atoms with Crippen LogP contribution in [0.4, 0.5) is 0 Å². The van der Waals surface area contributed by atoms with Gasteiger partial charge in [-0.1, -0.05) is 30.3 Å². The smallest absolute Gasteiger partial charge is 0.167 e. The Morgan fingerprint density at radius 3 is 2.50 bits per heavy atom. The topological polar surface area (TPSA) is 55.0 Å². The molecule has 1 N–H and O–H groups in total. The van der Waals surface area contributed by atoms with Gasteiger partial charge in [-0.05, 0) is 42.2 Å². The number of benzene rings is 2. The number of Topliss-reactive ketones (excluding diaryl/α,β-unsaturated/α-hetero) is 1. The van der Waals surface area contributed by atoms with Crippen molar-refractivity contribution >= 4 is 5.78 Å². The minimum absolute atomic E-state index is 0.157. The number of rotatable bonds is 3. The highest BCUT2D eigenvalue weighted by Gasteiger charge is 2.31. The zero-order valence-electron chi connectivity index (χ0n) is 13.5. The van der Waals surface area contributed by atoms with Crippen LogP contribution in [0.3, 0.4) is 0 Å². The summed E-state index contributed by atoms with van der Waals surface area (Å²) in [6.45, 7) is 0. The maximum absolute atomic E-state index is 12.8. The van der Waals surface area contributed by atoms with Crippen LogP contribution in [0.15, 0.2) is 54.6 Å². The summed E-state index contributed by atoms with van der Waals surface area (Å²) in [6.07, 6.45) is 1.34. The minimum atomic E-state index is 0.157. The first-order valence-electron chi connectivity index (χ1n) is 8.06. The van der Waals surface area contributed by atoms with E-state index >= 15 is 0 Å². The van der Waals surface area contributed by atoms with E-state index in [1.54, 1.807) is 7.11 Å². The van der Waals surface area contributed by atoms with E-state index in [-0.39, 0.29) is 11.7 Å². The number of fused-ring (bicyclic) bond motifs is 1. The summed E-state index contributed by atoms with van der Waals surface area (Å²) in [6, 6.07) is 17.9. The largest absolute Gasteiger partial charge is 0.497 e. The van der Waals surface area contributed by atoms with Gasteiger partial charge in [0.05, 0.1) is 12.7 Å². The Hall–Kier alpha value is -2.88. The molecule has 1 aromatic heterocycles. The highest BCUT2D eigenvalue weighted by atomic mass is 16.5. The summed E-state index contributed by atoms with van der Waals surface area (Å²) in [5.74, 6) is 1.17. The number of hydrogen-bond donors (Lipinski definition) is 1. The highest BCUT2D eigenvalue weighted by Crippen LogP contribution is 2.36. The van der Waals surface area contributed by atoms with Crippen molar-refractivity contribution in [1.29, 1.82) is 0 Å². The minimum Gasteiger partial charge on any atom is -0.497 e. The van der Waals surface area contributed by atoms with E-state index in [9.17, 15) is 4.79 Å². The van der Waals surface area contributed by atoms with Crippen molar-refractivity contribution in [2.45, 2.75) is 18.8 Å². The molecule has 1 atom stereocenters. The SMILES string of the molecule is COc1ccc(-c2n[nH]c3c2C(=O)CC(c2ccccc2)C3)cc1. The fourth-order valence-corrected chi connectivity index (χ4v) is 3.39. The molecular formula is C20H18N2O2. The molecule has 2 aromatic carbocycles. The first kappa shape index (κ1) is 14.7. The number of H-pyrrole nitrogens is 1. The van der Waals surface area contributed by atoms with Gasteiger partial charge in [0.1, 0.15) is 11.4 Å². The zero-order chi connectivity index (χ0) is 16.5. The van der Waals surface area contributed by atoms with Gasteiger partial charge in [0.25, 0.3) is 0 Å². The molecule has 4 rings (SSSR count). The third-order valence-electron chi connectivity index (χ3n) is 4.64. The van der Waals surface area contributed by atoms with Crippen LogP contribution in [0, 0.1) is 0 Å². The Labute approximate surface area is 140 Å². The number of methoxy groups -OCH3 is 1. The van der Waals surface area contributed by atoms with Crippen molar-refractivity contribution in [2.75, 3.05) is 7.11 Å². The lowest BCUT2D eigenvalue weighted by atomic mass is 9.81. The molecule has 0 saturated carbocycles. The number of hydrogen-bond acceptors (Lipinski definition) is 3. The Kier molecular flexibility index (Phi) is 3.65. The maximum atomic E-state index is 12.8. The molecule has 0 fully saturated rings. The molecule has 0 radical (unpaired) electrons.